The number of aryl methyl sites for hydroxylation is 1. The smallest absolute Gasteiger partial charge is 0.234 e. The Balaban J connectivity index is 2.27. The number of aliphatic imine (C=N–C) groups is 1. The molecule has 0 bridgehead atoms. The zero-order chi connectivity index (χ0) is 11.6. The van der Waals surface area contributed by atoms with Gasteiger partial charge in [0, 0.05) is 5.41 Å². The van der Waals surface area contributed by atoms with Crippen LogP contribution < -0.4 is 4.74 Å². The van der Waals surface area contributed by atoms with Crippen LogP contribution in [-0.4, -0.2) is 19.7 Å². The van der Waals surface area contributed by atoms with Crippen molar-refractivity contribution in [2.75, 3.05) is 13.7 Å². The molecule has 1 aromatic rings. The van der Waals surface area contributed by atoms with Gasteiger partial charge < -0.3 is 4.74 Å². The number of benzene rings is 1. The van der Waals surface area contributed by atoms with E-state index in [9.17, 15) is 4.79 Å². The van der Waals surface area contributed by atoms with Crippen molar-refractivity contribution in [2.24, 2.45) is 4.99 Å². The average molecular weight is 217 g/mol. The van der Waals surface area contributed by atoms with Gasteiger partial charge in [0.25, 0.3) is 0 Å². The first kappa shape index (κ1) is 10.9. The molecule has 3 nitrogen and oxygen atoms in total. The summed E-state index contributed by atoms with van der Waals surface area (Å²) in [5, 5.41) is 0. The van der Waals surface area contributed by atoms with Crippen LogP contribution >= 0.6 is 0 Å². The zero-order valence-corrected chi connectivity index (χ0v) is 9.62. The summed E-state index contributed by atoms with van der Waals surface area (Å²) < 4.78 is 5.23. The van der Waals surface area contributed by atoms with E-state index in [0.29, 0.717) is 6.54 Å². The predicted molar refractivity (Wildman–Crippen MR) is 61.6 cm³/mol. The summed E-state index contributed by atoms with van der Waals surface area (Å²) in [6, 6.07) is 6.18. The Morgan fingerprint density at radius 1 is 1.50 bits per heavy atom. The van der Waals surface area contributed by atoms with E-state index in [0.717, 1.165) is 24.2 Å². The molecular formula is C13H15NO2. The molecule has 0 radical (unpaired) electrons. The van der Waals surface area contributed by atoms with Gasteiger partial charge in [-0.2, -0.15) is 0 Å². The van der Waals surface area contributed by atoms with E-state index in [1.807, 2.05) is 13.0 Å². The first-order valence-corrected chi connectivity index (χ1v) is 5.41. The van der Waals surface area contributed by atoms with E-state index in [1.54, 1.807) is 13.2 Å². The molecule has 1 saturated carbocycles. The first-order chi connectivity index (χ1) is 7.72. The average Bonchev–Trinajstić information content (AvgIpc) is 3.07. The maximum absolute atomic E-state index is 10.2. The fourth-order valence-electron chi connectivity index (χ4n) is 2.08. The van der Waals surface area contributed by atoms with Crippen molar-refractivity contribution in [2.45, 2.75) is 25.2 Å². The molecule has 1 fully saturated rings. The van der Waals surface area contributed by atoms with Crippen molar-refractivity contribution >= 4 is 6.08 Å². The minimum atomic E-state index is 0.0917. The molecule has 0 heterocycles. The third-order valence-electron chi connectivity index (χ3n) is 3.31. The van der Waals surface area contributed by atoms with Gasteiger partial charge in [0.15, 0.2) is 0 Å². The highest BCUT2D eigenvalue weighted by atomic mass is 16.5. The topological polar surface area (TPSA) is 38.7 Å². The van der Waals surface area contributed by atoms with Crippen LogP contribution in [0, 0.1) is 6.92 Å². The van der Waals surface area contributed by atoms with Crippen LogP contribution in [0.2, 0.25) is 0 Å². The van der Waals surface area contributed by atoms with E-state index in [1.165, 1.54) is 5.56 Å². The summed E-state index contributed by atoms with van der Waals surface area (Å²) in [6.45, 7) is 2.59. The van der Waals surface area contributed by atoms with Crippen molar-refractivity contribution in [3.05, 3.63) is 29.3 Å². The summed E-state index contributed by atoms with van der Waals surface area (Å²) in [5.74, 6) is 0.901. The van der Waals surface area contributed by atoms with Gasteiger partial charge in [0.2, 0.25) is 6.08 Å². The van der Waals surface area contributed by atoms with Crippen LogP contribution in [0.3, 0.4) is 0 Å². The minimum absolute atomic E-state index is 0.0917. The Kier molecular flexibility index (Phi) is 2.80. The molecule has 0 aromatic heterocycles. The van der Waals surface area contributed by atoms with Crippen LogP contribution in [0.15, 0.2) is 23.2 Å². The Labute approximate surface area is 95.2 Å². The molecule has 0 atom stereocenters. The number of isocyanates is 1. The Morgan fingerprint density at radius 2 is 2.25 bits per heavy atom. The normalized spacial score (nSPS) is 16.4. The van der Waals surface area contributed by atoms with E-state index in [-0.39, 0.29) is 5.41 Å². The van der Waals surface area contributed by atoms with Gasteiger partial charge in [-0.15, -0.1) is 0 Å². The maximum atomic E-state index is 10.2. The third-order valence-corrected chi connectivity index (χ3v) is 3.31. The van der Waals surface area contributed by atoms with Crippen LogP contribution in [0.5, 0.6) is 5.75 Å². The molecule has 1 aromatic carbocycles. The fraction of sp³-hybridized carbons (Fsp3) is 0.462. The summed E-state index contributed by atoms with van der Waals surface area (Å²) in [6.07, 6.45) is 3.82. The second-order valence-electron chi connectivity index (χ2n) is 4.37. The highest BCUT2D eigenvalue weighted by Crippen LogP contribution is 2.49. The SMILES string of the molecule is COc1ccc(C2(CN=C=O)CC2)cc1C. The van der Waals surface area contributed by atoms with Gasteiger partial charge >= 0.3 is 0 Å². The maximum Gasteiger partial charge on any atom is 0.234 e. The number of methoxy groups -OCH3 is 1. The molecule has 0 aliphatic heterocycles. The Hall–Kier alpha value is -1.60. The van der Waals surface area contributed by atoms with E-state index < -0.39 is 0 Å². The lowest BCUT2D eigenvalue weighted by atomic mass is 9.94. The number of rotatable bonds is 4. The van der Waals surface area contributed by atoms with E-state index in [4.69, 9.17) is 4.74 Å². The standard InChI is InChI=1S/C13H15NO2/c1-10-7-11(3-4-12(10)16-2)13(5-6-13)8-14-9-15/h3-4,7H,5-6,8H2,1-2H3. The number of carbonyl (C=O) groups excluding carboxylic acids is 1. The molecule has 0 N–H and O–H groups in total. The number of ether oxygens (including phenoxy) is 1. The van der Waals surface area contributed by atoms with Crippen LogP contribution in [0.1, 0.15) is 24.0 Å². The first-order valence-electron chi connectivity index (χ1n) is 5.41. The summed E-state index contributed by atoms with van der Waals surface area (Å²) >= 11 is 0. The van der Waals surface area contributed by atoms with Crippen molar-refractivity contribution in [1.29, 1.82) is 0 Å². The zero-order valence-electron chi connectivity index (χ0n) is 9.62. The molecule has 0 amide bonds. The highest BCUT2D eigenvalue weighted by Gasteiger charge is 2.44. The largest absolute Gasteiger partial charge is 0.496 e. The lowest BCUT2D eigenvalue weighted by Gasteiger charge is -2.14. The minimum Gasteiger partial charge on any atom is -0.496 e. The molecule has 0 unspecified atom stereocenters. The molecule has 3 heteroatoms. The lowest BCUT2D eigenvalue weighted by molar-refractivity contribution is 0.411. The lowest BCUT2D eigenvalue weighted by Crippen LogP contribution is -2.11. The van der Waals surface area contributed by atoms with Gasteiger partial charge in [0.05, 0.1) is 13.7 Å². The van der Waals surface area contributed by atoms with Crippen molar-refractivity contribution in [1.82, 2.24) is 0 Å². The number of nitrogens with zero attached hydrogens (tertiary/aromatic N) is 1. The quantitative estimate of drug-likeness (QED) is 0.573. The Bertz CT molecular complexity index is 443. The van der Waals surface area contributed by atoms with Crippen LogP contribution in [0.25, 0.3) is 0 Å². The molecule has 0 spiro atoms. The third kappa shape index (κ3) is 1.86. The van der Waals surface area contributed by atoms with Gasteiger partial charge in [-0.3, -0.25) is 0 Å². The highest BCUT2D eigenvalue weighted by molar-refractivity contribution is 5.43. The van der Waals surface area contributed by atoms with Crippen molar-refractivity contribution in [3.63, 3.8) is 0 Å². The van der Waals surface area contributed by atoms with Gasteiger partial charge in [0.1, 0.15) is 5.75 Å². The molecule has 84 valence electrons. The van der Waals surface area contributed by atoms with E-state index >= 15 is 0 Å². The monoisotopic (exact) mass is 217 g/mol. The molecule has 2 rings (SSSR count). The summed E-state index contributed by atoms with van der Waals surface area (Å²) in [7, 11) is 1.67. The number of hydrogen-bond acceptors (Lipinski definition) is 3. The Morgan fingerprint density at radius 3 is 2.75 bits per heavy atom. The summed E-state index contributed by atoms with van der Waals surface area (Å²) in [4.78, 5) is 13.9. The fourth-order valence-corrected chi connectivity index (χ4v) is 2.08. The molecule has 1 aliphatic rings. The van der Waals surface area contributed by atoms with Gasteiger partial charge in [-0.25, -0.2) is 9.79 Å². The van der Waals surface area contributed by atoms with Gasteiger partial charge in [-0.05, 0) is 37.0 Å². The van der Waals surface area contributed by atoms with Gasteiger partial charge in [-0.1, -0.05) is 12.1 Å². The molecule has 0 saturated heterocycles. The molecular weight excluding hydrogens is 202 g/mol. The molecule has 1 aliphatic carbocycles. The van der Waals surface area contributed by atoms with Crippen LogP contribution in [0.4, 0.5) is 0 Å². The van der Waals surface area contributed by atoms with E-state index in [2.05, 4.69) is 17.1 Å². The number of hydrogen-bond donors (Lipinski definition) is 0. The second-order valence-corrected chi connectivity index (χ2v) is 4.37. The predicted octanol–water partition coefficient (Wildman–Crippen LogP) is 2.37. The van der Waals surface area contributed by atoms with Crippen molar-refractivity contribution < 1.29 is 9.53 Å². The van der Waals surface area contributed by atoms with Crippen LogP contribution in [-0.2, 0) is 10.2 Å². The second kappa shape index (κ2) is 4.11. The van der Waals surface area contributed by atoms with Crippen molar-refractivity contribution in [3.8, 4) is 5.75 Å². The molecule has 16 heavy (non-hydrogen) atoms. The summed E-state index contributed by atoms with van der Waals surface area (Å²) in [5.41, 5.74) is 2.47.